The number of nitrogens with one attached hydrogen (secondary N) is 1. The molecular weight excluding hydrogens is 436 g/mol. The Morgan fingerprint density at radius 3 is 2.45 bits per heavy atom. The van der Waals surface area contributed by atoms with Gasteiger partial charge in [-0.15, -0.1) is 0 Å². The van der Waals surface area contributed by atoms with Crippen LogP contribution >= 0.6 is 11.6 Å². The largest absolute Gasteiger partial charge is 0.381 e. The molecule has 0 radical (unpaired) electrons. The minimum atomic E-state index is -3.77. The second-order valence-electron chi connectivity index (χ2n) is 8.20. The third kappa shape index (κ3) is 4.65. The first-order valence-electron chi connectivity index (χ1n) is 10.6. The fourth-order valence-corrected chi connectivity index (χ4v) is 6.31. The van der Waals surface area contributed by atoms with Crippen LogP contribution < -0.4 is 5.32 Å². The standard InChI is InChI=1S/C23H27ClN2O4S/c24-19-8-10-20(11-9-19)31(28,29)26-14-4-7-21(26)22(27)25-17-23(12-15-30-16-13-23)18-5-2-1-3-6-18/h1-3,5-6,8-11,21H,4,7,12-17H2,(H,25,27)/t21-/m0/s1. The minimum absolute atomic E-state index is 0.154. The highest BCUT2D eigenvalue weighted by Crippen LogP contribution is 2.34. The normalized spacial score (nSPS) is 21.6. The van der Waals surface area contributed by atoms with Crippen LogP contribution in [-0.4, -0.2) is 51.0 Å². The smallest absolute Gasteiger partial charge is 0.243 e. The zero-order chi connectivity index (χ0) is 21.9. The molecule has 0 bridgehead atoms. The van der Waals surface area contributed by atoms with Gasteiger partial charge in [0.1, 0.15) is 6.04 Å². The molecule has 0 unspecified atom stereocenters. The van der Waals surface area contributed by atoms with E-state index >= 15 is 0 Å². The number of hydrogen-bond acceptors (Lipinski definition) is 4. The quantitative estimate of drug-likeness (QED) is 0.714. The molecule has 1 atom stereocenters. The molecule has 2 aliphatic rings. The molecular formula is C23H27ClN2O4S. The Morgan fingerprint density at radius 2 is 1.77 bits per heavy atom. The van der Waals surface area contributed by atoms with Gasteiger partial charge in [-0.1, -0.05) is 41.9 Å². The van der Waals surface area contributed by atoms with E-state index in [1.54, 1.807) is 12.1 Å². The summed E-state index contributed by atoms with van der Waals surface area (Å²) >= 11 is 5.90. The van der Waals surface area contributed by atoms with Gasteiger partial charge >= 0.3 is 0 Å². The molecule has 2 fully saturated rings. The number of sulfonamides is 1. The zero-order valence-electron chi connectivity index (χ0n) is 17.3. The minimum Gasteiger partial charge on any atom is -0.381 e. The molecule has 8 heteroatoms. The molecule has 1 amide bonds. The molecule has 2 heterocycles. The summed E-state index contributed by atoms with van der Waals surface area (Å²) in [6.45, 7) is 2.09. The molecule has 2 saturated heterocycles. The van der Waals surface area contributed by atoms with Crippen LogP contribution in [0.5, 0.6) is 0 Å². The summed E-state index contributed by atoms with van der Waals surface area (Å²) in [5.74, 6) is -0.239. The van der Waals surface area contributed by atoms with Gasteiger partial charge in [-0.05, 0) is 55.5 Å². The summed E-state index contributed by atoms with van der Waals surface area (Å²) in [5.41, 5.74) is 0.976. The van der Waals surface area contributed by atoms with E-state index in [9.17, 15) is 13.2 Å². The Balaban J connectivity index is 1.50. The summed E-state index contributed by atoms with van der Waals surface area (Å²) in [4.78, 5) is 13.3. The fraction of sp³-hybridized carbons (Fsp3) is 0.435. The van der Waals surface area contributed by atoms with E-state index in [0.29, 0.717) is 44.2 Å². The number of halogens is 1. The van der Waals surface area contributed by atoms with Crippen molar-refractivity contribution in [1.82, 2.24) is 9.62 Å². The van der Waals surface area contributed by atoms with Crippen LogP contribution in [0.15, 0.2) is 59.5 Å². The third-order valence-corrected chi connectivity index (χ3v) is 8.54. The van der Waals surface area contributed by atoms with Gasteiger partial charge in [-0.25, -0.2) is 8.42 Å². The van der Waals surface area contributed by atoms with E-state index < -0.39 is 16.1 Å². The van der Waals surface area contributed by atoms with Crippen LogP contribution in [0, 0.1) is 0 Å². The topological polar surface area (TPSA) is 75.7 Å². The molecule has 0 saturated carbocycles. The monoisotopic (exact) mass is 462 g/mol. The molecule has 4 rings (SSSR count). The number of rotatable bonds is 6. The fourth-order valence-electron chi connectivity index (χ4n) is 4.53. The van der Waals surface area contributed by atoms with Crippen LogP contribution in [0.1, 0.15) is 31.2 Å². The lowest BCUT2D eigenvalue weighted by Crippen LogP contribution is -2.50. The van der Waals surface area contributed by atoms with Crippen molar-refractivity contribution in [2.45, 2.75) is 42.0 Å². The Kier molecular flexibility index (Phi) is 6.67. The number of nitrogens with zero attached hydrogens (tertiary/aromatic N) is 1. The lowest BCUT2D eigenvalue weighted by molar-refractivity contribution is -0.124. The van der Waals surface area contributed by atoms with Crippen molar-refractivity contribution >= 4 is 27.5 Å². The first kappa shape index (κ1) is 22.3. The van der Waals surface area contributed by atoms with Gasteiger partial charge in [-0.2, -0.15) is 4.31 Å². The highest BCUT2D eigenvalue weighted by atomic mass is 35.5. The lowest BCUT2D eigenvalue weighted by Gasteiger charge is -2.38. The van der Waals surface area contributed by atoms with E-state index in [0.717, 1.165) is 12.8 Å². The molecule has 0 aromatic heterocycles. The molecule has 0 aliphatic carbocycles. The summed E-state index contributed by atoms with van der Waals surface area (Å²) in [6, 6.07) is 15.5. The van der Waals surface area contributed by atoms with Gasteiger partial charge in [0.05, 0.1) is 4.90 Å². The van der Waals surface area contributed by atoms with Crippen LogP contribution in [0.4, 0.5) is 0 Å². The number of ether oxygens (including phenoxy) is 1. The Morgan fingerprint density at radius 1 is 1.10 bits per heavy atom. The second kappa shape index (κ2) is 9.28. The van der Waals surface area contributed by atoms with Crippen molar-refractivity contribution in [2.24, 2.45) is 0 Å². The van der Waals surface area contributed by atoms with Crippen LogP contribution in [0.2, 0.25) is 5.02 Å². The van der Waals surface area contributed by atoms with Gasteiger partial charge in [0.2, 0.25) is 15.9 Å². The van der Waals surface area contributed by atoms with Crippen molar-refractivity contribution in [3.05, 3.63) is 65.2 Å². The van der Waals surface area contributed by atoms with Crippen molar-refractivity contribution in [3.63, 3.8) is 0 Å². The zero-order valence-corrected chi connectivity index (χ0v) is 18.9. The maximum absolute atomic E-state index is 13.1. The molecule has 6 nitrogen and oxygen atoms in total. The first-order chi connectivity index (χ1) is 14.9. The van der Waals surface area contributed by atoms with Crippen LogP contribution in [0.3, 0.4) is 0 Å². The first-order valence-corrected chi connectivity index (χ1v) is 12.4. The summed E-state index contributed by atoms with van der Waals surface area (Å²) in [5, 5.41) is 3.54. The van der Waals surface area contributed by atoms with Gasteiger partial charge in [0.25, 0.3) is 0 Å². The van der Waals surface area contributed by atoms with Gasteiger partial charge in [0, 0.05) is 36.7 Å². The van der Waals surface area contributed by atoms with Crippen molar-refractivity contribution in [1.29, 1.82) is 0 Å². The van der Waals surface area contributed by atoms with Crippen molar-refractivity contribution in [2.75, 3.05) is 26.3 Å². The van der Waals surface area contributed by atoms with Gasteiger partial charge in [0.15, 0.2) is 0 Å². The number of amides is 1. The lowest BCUT2D eigenvalue weighted by atomic mass is 9.74. The average molecular weight is 463 g/mol. The predicted molar refractivity (Wildman–Crippen MR) is 120 cm³/mol. The summed E-state index contributed by atoms with van der Waals surface area (Å²) in [7, 11) is -3.77. The molecule has 2 aromatic rings. The Hall–Kier alpha value is -1.93. The summed E-state index contributed by atoms with van der Waals surface area (Å²) < 4.78 is 33.2. The molecule has 31 heavy (non-hydrogen) atoms. The van der Waals surface area contributed by atoms with E-state index in [1.165, 1.54) is 22.0 Å². The highest BCUT2D eigenvalue weighted by Gasteiger charge is 2.41. The Labute approximate surface area is 188 Å². The van der Waals surface area contributed by atoms with E-state index in [4.69, 9.17) is 16.3 Å². The number of carbonyl (C=O) groups excluding carboxylic acids is 1. The summed E-state index contributed by atoms with van der Waals surface area (Å²) in [6.07, 6.45) is 2.80. The van der Waals surface area contributed by atoms with E-state index in [2.05, 4.69) is 17.4 Å². The Bertz CT molecular complexity index is 1010. The third-order valence-electron chi connectivity index (χ3n) is 6.36. The molecule has 2 aromatic carbocycles. The van der Waals surface area contributed by atoms with Crippen molar-refractivity contribution in [3.8, 4) is 0 Å². The van der Waals surface area contributed by atoms with Crippen LogP contribution in [0.25, 0.3) is 0 Å². The molecule has 0 spiro atoms. The molecule has 166 valence electrons. The number of hydrogen-bond donors (Lipinski definition) is 1. The molecule has 2 aliphatic heterocycles. The SMILES string of the molecule is O=C(NCC1(c2ccccc2)CCOCC1)[C@@H]1CCCN1S(=O)(=O)c1ccc(Cl)cc1. The van der Waals surface area contributed by atoms with Gasteiger partial charge < -0.3 is 10.1 Å². The van der Waals surface area contributed by atoms with Crippen molar-refractivity contribution < 1.29 is 17.9 Å². The van der Waals surface area contributed by atoms with E-state index in [1.807, 2.05) is 18.2 Å². The van der Waals surface area contributed by atoms with E-state index in [-0.39, 0.29) is 16.2 Å². The predicted octanol–water partition coefficient (Wildman–Crippen LogP) is 3.36. The number of benzene rings is 2. The molecule has 1 N–H and O–H groups in total. The van der Waals surface area contributed by atoms with Crippen LogP contribution in [-0.2, 0) is 25.0 Å². The second-order valence-corrected chi connectivity index (χ2v) is 10.5. The average Bonchev–Trinajstić information content (AvgIpc) is 3.30. The maximum atomic E-state index is 13.1. The highest BCUT2D eigenvalue weighted by molar-refractivity contribution is 7.89. The number of carbonyl (C=O) groups is 1. The maximum Gasteiger partial charge on any atom is 0.243 e. The van der Waals surface area contributed by atoms with Gasteiger partial charge in [-0.3, -0.25) is 4.79 Å².